The molecule has 1 aromatic heterocycles. The number of aromatic nitrogens is 2. The summed E-state index contributed by atoms with van der Waals surface area (Å²) >= 11 is 11.6. The highest BCUT2D eigenvalue weighted by Gasteiger charge is 2.19. The van der Waals surface area contributed by atoms with E-state index in [2.05, 4.69) is 10.5 Å². The topological polar surface area (TPSA) is 129 Å². The molecule has 0 unspecified atom stereocenters. The maximum absolute atomic E-state index is 12.5. The number of benzene rings is 2. The SMILES string of the molecule is O=C(NNS(=O)(=O)c1ccc(-n2ncc(Cl)c(Cl)c2=O)cc1)c1ccc2c(c1)OCCO2. The second-order valence-electron chi connectivity index (χ2n) is 6.44. The molecule has 1 aliphatic rings. The van der Waals surface area contributed by atoms with Crippen molar-refractivity contribution in [2.45, 2.75) is 4.90 Å². The minimum atomic E-state index is -4.10. The minimum absolute atomic E-state index is 0.00470. The van der Waals surface area contributed by atoms with E-state index >= 15 is 0 Å². The number of hydrogen-bond donors (Lipinski definition) is 2. The zero-order valence-electron chi connectivity index (χ0n) is 16.0. The summed E-state index contributed by atoms with van der Waals surface area (Å²) in [4.78, 5) is 26.4. The molecule has 3 aromatic rings. The fourth-order valence-corrected chi connectivity index (χ4v) is 3.88. The lowest BCUT2D eigenvalue weighted by Gasteiger charge is -2.18. The van der Waals surface area contributed by atoms with Crippen LogP contribution in [0.25, 0.3) is 5.69 Å². The van der Waals surface area contributed by atoms with Crippen LogP contribution in [0.1, 0.15) is 10.4 Å². The van der Waals surface area contributed by atoms with Crippen molar-refractivity contribution in [3.63, 3.8) is 0 Å². The summed E-state index contributed by atoms with van der Waals surface area (Å²) in [5, 5.41) is 3.67. The van der Waals surface area contributed by atoms with E-state index in [9.17, 15) is 18.0 Å². The van der Waals surface area contributed by atoms with E-state index in [1.807, 2.05) is 4.83 Å². The van der Waals surface area contributed by atoms with E-state index in [1.54, 1.807) is 6.07 Å². The number of hydrazine groups is 1. The van der Waals surface area contributed by atoms with E-state index in [4.69, 9.17) is 32.7 Å². The average molecular weight is 497 g/mol. The van der Waals surface area contributed by atoms with Gasteiger partial charge in [0.1, 0.15) is 18.2 Å². The summed E-state index contributed by atoms with van der Waals surface area (Å²) in [6.07, 6.45) is 1.20. The maximum atomic E-state index is 12.5. The molecular formula is C19H14Cl2N4O6S. The largest absolute Gasteiger partial charge is 0.486 e. The van der Waals surface area contributed by atoms with E-state index < -0.39 is 21.5 Å². The van der Waals surface area contributed by atoms with Crippen LogP contribution in [-0.4, -0.2) is 37.3 Å². The Labute approximate surface area is 191 Å². The number of fused-ring (bicyclic) bond motifs is 1. The van der Waals surface area contributed by atoms with E-state index in [0.717, 1.165) is 4.68 Å². The molecule has 4 rings (SSSR count). The van der Waals surface area contributed by atoms with Crippen molar-refractivity contribution in [1.82, 2.24) is 20.0 Å². The highest BCUT2D eigenvalue weighted by atomic mass is 35.5. The zero-order chi connectivity index (χ0) is 22.9. The molecule has 2 heterocycles. The Morgan fingerprint density at radius 3 is 2.44 bits per heavy atom. The van der Waals surface area contributed by atoms with Gasteiger partial charge in [-0.3, -0.25) is 15.0 Å². The van der Waals surface area contributed by atoms with Crippen molar-refractivity contribution in [2.24, 2.45) is 0 Å². The summed E-state index contributed by atoms with van der Waals surface area (Å²) < 4.78 is 36.8. The Morgan fingerprint density at radius 1 is 1.03 bits per heavy atom. The highest BCUT2D eigenvalue weighted by Crippen LogP contribution is 2.30. The van der Waals surface area contributed by atoms with Crippen LogP contribution >= 0.6 is 23.2 Å². The van der Waals surface area contributed by atoms with Gasteiger partial charge in [0.25, 0.3) is 21.5 Å². The first-order valence-corrected chi connectivity index (χ1v) is 11.3. The Morgan fingerprint density at radius 2 is 1.72 bits per heavy atom. The van der Waals surface area contributed by atoms with E-state index in [0.29, 0.717) is 24.7 Å². The van der Waals surface area contributed by atoms with Crippen LogP contribution in [0.5, 0.6) is 11.5 Å². The number of hydrogen-bond acceptors (Lipinski definition) is 7. The summed E-state index contributed by atoms with van der Waals surface area (Å²) in [7, 11) is -4.10. The number of carbonyl (C=O) groups is 1. The average Bonchev–Trinajstić information content (AvgIpc) is 2.81. The molecule has 0 atom stereocenters. The van der Waals surface area contributed by atoms with Crippen LogP contribution in [0, 0.1) is 0 Å². The fraction of sp³-hybridized carbons (Fsp3) is 0.105. The Bertz CT molecular complexity index is 1360. The molecule has 0 saturated heterocycles. The molecule has 0 fully saturated rings. The highest BCUT2D eigenvalue weighted by molar-refractivity contribution is 7.89. The molecule has 2 aromatic carbocycles. The van der Waals surface area contributed by atoms with Crippen molar-refractivity contribution in [2.75, 3.05) is 13.2 Å². The monoisotopic (exact) mass is 496 g/mol. The number of amides is 1. The van der Waals surface area contributed by atoms with Crippen LogP contribution < -0.4 is 25.3 Å². The quantitative estimate of drug-likeness (QED) is 0.516. The minimum Gasteiger partial charge on any atom is -0.486 e. The van der Waals surface area contributed by atoms with Crippen molar-refractivity contribution in [3.05, 3.63) is 74.6 Å². The third-order valence-electron chi connectivity index (χ3n) is 4.37. The lowest BCUT2D eigenvalue weighted by molar-refractivity contribution is 0.0944. The number of nitrogens with zero attached hydrogens (tertiary/aromatic N) is 2. The van der Waals surface area contributed by atoms with Crippen molar-refractivity contribution >= 4 is 39.1 Å². The van der Waals surface area contributed by atoms with Crippen molar-refractivity contribution < 1.29 is 22.7 Å². The third-order valence-corrected chi connectivity index (χ3v) is 6.38. The smallest absolute Gasteiger partial charge is 0.291 e. The van der Waals surface area contributed by atoms with Gasteiger partial charge in [-0.05, 0) is 42.5 Å². The third kappa shape index (κ3) is 4.41. The molecule has 10 nitrogen and oxygen atoms in total. The molecule has 0 spiro atoms. The van der Waals surface area contributed by atoms with Gasteiger partial charge < -0.3 is 9.47 Å². The molecule has 1 amide bonds. The Balaban J connectivity index is 1.47. The van der Waals surface area contributed by atoms with Crippen LogP contribution in [-0.2, 0) is 10.0 Å². The number of nitrogens with one attached hydrogen (secondary N) is 2. The Kier molecular flexibility index (Phi) is 6.07. The number of halogens is 2. The number of carbonyl (C=O) groups excluding carboxylic acids is 1. The normalized spacial score (nSPS) is 12.9. The van der Waals surface area contributed by atoms with Crippen LogP contribution in [0.3, 0.4) is 0 Å². The van der Waals surface area contributed by atoms with Crippen LogP contribution in [0.4, 0.5) is 0 Å². The Hall–Kier alpha value is -3.12. The van der Waals surface area contributed by atoms with Gasteiger partial charge in [-0.1, -0.05) is 23.2 Å². The van der Waals surface area contributed by atoms with Gasteiger partial charge in [-0.15, -0.1) is 4.83 Å². The predicted molar refractivity (Wildman–Crippen MR) is 115 cm³/mol. The van der Waals surface area contributed by atoms with Gasteiger partial charge in [0.05, 0.1) is 21.8 Å². The molecule has 0 radical (unpaired) electrons. The molecule has 32 heavy (non-hydrogen) atoms. The maximum Gasteiger partial charge on any atom is 0.291 e. The summed E-state index contributed by atoms with van der Waals surface area (Å²) in [6, 6.07) is 9.69. The first-order valence-electron chi connectivity index (χ1n) is 9.02. The van der Waals surface area contributed by atoms with Gasteiger partial charge in [0, 0.05) is 5.56 Å². The molecule has 13 heteroatoms. The molecule has 166 valence electrons. The van der Waals surface area contributed by atoms with Gasteiger partial charge in [0.15, 0.2) is 11.5 Å². The molecule has 0 bridgehead atoms. The number of ether oxygens (including phenoxy) is 2. The van der Waals surface area contributed by atoms with E-state index in [1.165, 1.54) is 42.6 Å². The fourth-order valence-electron chi connectivity index (χ4n) is 2.79. The molecular weight excluding hydrogens is 483 g/mol. The first kappa shape index (κ1) is 22.1. The van der Waals surface area contributed by atoms with Crippen molar-refractivity contribution in [3.8, 4) is 17.2 Å². The van der Waals surface area contributed by atoms with Crippen molar-refractivity contribution in [1.29, 1.82) is 0 Å². The standard InChI is InChI=1S/C19H14Cl2N4O6S/c20-14-10-22-25(19(27)17(14)21)12-2-4-13(5-3-12)32(28,29)24-23-18(26)11-1-6-15-16(9-11)31-8-7-30-15/h1-6,9-10,24H,7-8H2,(H,23,26). The molecule has 1 aliphatic heterocycles. The lowest BCUT2D eigenvalue weighted by Crippen LogP contribution is -2.41. The molecule has 2 N–H and O–H groups in total. The van der Waals surface area contributed by atoms with Gasteiger partial charge >= 0.3 is 0 Å². The molecule has 0 saturated carbocycles. The zero-order valence-corrected chi connectivity index (χ0v) is 18.4. The lowest BCUT2D eigenvalue weighted by atomic mass is 10.2. The number of sulfonamides is 1. The first-order chi connectivity index (χ1) is 15.3. The van der Waals surface area contributed by atoms with Crippen LogP contribution in [0.15, 0.2) is 58.4 Å². The second kappa shape index (κ2) is 8.79. The van der Waals surface area contributed by atoms with Gasteiger partial charge in [-0.2, -0.15) is 9.78 Å². The summed E-state index contributed by atoms with van der Waals surface area (Å²) in [5.41, 5.74) is 1.94. The summed E-state index contributed by atoms with van der Waals surface area (Å²) in [5.74, 6) is 0.214. The summed E-state index contributed by atoms with van der Waals surface area (Å²) in [6.45, 7) is 0.761. The second-order valence-corrected chi connectivity index (χ2v) is 8.90. The van der Waals surface area contributed by atoms with Gasteiger partial charge in [-0.25, -0.2) is 8.42 Å². The van der Waals surface area contributed by atoms with Crippen LogP contribution in [0.2, 0.25) is 10.0 Å². The van der Waals surface area contributed by atoms with E-state index in [-0.39, 0.29) is 26.2 Å². The molecule has 0 aliphatic carbocycles. The predicted octanol–water partition coefficient (Wildman–Crippen LogP) is 1.93. The number of rotatable bonds is 5. The van der Waals surface area contributed by atoms with Gasteiger partial charge in [0.2, 0.25) is 0 Å².